The monoisotopic (exact) mass is 397 g/mol. The molecule has 5 rings (SSSR count). The normalized spacial score (nSPS) is 19.6. The Morgan fingerprint density at radius 3 is 2.79 bits per heavy atom. The van der Waals surface area contributed by atoms with Gasteiger partial charge in [-0.05, 0) is 30.3 Å². The molecule has 1 aromatic heterocycles. The summed E-state index contributed by atoms with van der Waals surface area (Å²) < 4.78 is 1.84. The summed E-state index contributed by atoms with van der Waals surface area (Å²) in [5, 5.41) is 5.47. The summed E-state index contributed by atoms with van der Waals surface area (Å²) in [6.07, 6.45) is 0. The van der Waals surface area contributed by atoms with Gasteiger partial charge in [0.25, 0.3) is 0 Å². The largest absolute Gasteiger partial charge is 0.441 e. The van der Waals surface area contributed by atoms with Crippen LogP contribution < -0.4 is 25.4 Å². The molecule has 28 heavy (non-hydrogen) atoms. The Labute approximate surface area is 168 Å². The number of H-pyrrole nitrogens is 1. The van der Waals surface area contributed by atoms with Crippen LogP contribution in [0, 0.1) is 0 Å². The number of halogens is 1. The molecule has 0 unspecified atom stereocenters. The number of fused-ring (bicyclic) bond motifs is 3. The molecule has 1 saturated heterocycles. The van der Waals surface area contributed by atoms with E-state index in [0.29, 0.717) is 0 Å². The number of quaternary nitrogens is 1. The molecule has 1 fully saturated rings. The molecule has 6 nitrogen and oxygen atoms in total. The second-order valence-corrected chi connectivity index (χ2v) is 8.13. The number of para-hydroxylation sites is 1. The average Bonchev–Trinajstić information content (AvgIpc) is 3.13. The summed E-state index contributed by atoms with van der Waals surface area (Å²) >= 11 is 6.13. The van der Waals surface area contributed by atoms with Gasteiger partial charge in [0, 0.05) is 10.7 Å². The molecule has 3 aromatic rings. The maximum Gasteiger partial charge on any atom is 0.441 e. The molecule has 3 heterocycles. The van der Waals surface area contributed by atoms with E-state index in [-0.39, 0.29) is 11.7 Å². The first-order valence-electron chi connectivity index (χ1n) is 9.83. The van der Waals surface area contributed by atoms with Crippen molar-refractivity contribution in [1.29, 1.82) is 0 Å². The molecule has 3 N–H and O–H groups in total. The van der Waals surface area contributed by atoms with Crippen LogP contribution in [0.15, 0.2) is 53.3 Å². The lowest BCUT2D eigenvalue weighted by Crippen LogP contribution is -3.16. The van der Waals surface area contributed by atoms with Gasteiger partial charge < -0.3 is 9.80 Å². The van der Waals surface area contributed by atoms with E-state index in [1.165, 1.54) is 5.69 Å². The summed E-state index contributed by atoms with van der Waals surface area (Å²) in [6, 6.07) is 16.3. The second kappa shape index (κ2) is 7.11. The van der Waals surface area contributed by atoms with Gasteiger partial charge in [-0.15, -0.1) is 0 Å². The molecular formula is C21H24ClN5O+2. The van der Waals surface area contributed by atoms with Crippen molar-refractivity contribution < 1.29 is 9.47 Å². The van der Waals surface area contributed by atoms with Crippen molar-refractivity contribution in [3.05, 3.63) is 64.0 Å². The van der Waals surface area contributed by atoms with Crippen LogP contribution in [0.25, 0.3) is 10.9 Å². The number of benzene rings is 2. The third kappa shape index (κ3) is 3.23. The Morgan fingerprint density at radius 1 is 1.14 bits per heavy atom. The molecule has 0 bridgehead atoms. The van der Waals surface area contributed by atoms with Crippen LogP contribution in [-0.4, -0.2) is 43.7 Å². The van der Waals surface area contributed by atoms with Crippen molar-refractivity contribution in [2.45, 2.75) is 12.6 Å². The SMILES string of the molecule is O=c1[nH]c2ccccc2c2[n+]1C[C@@H](C[NH+]1CCN(c3cccc(Cl)c3)CC1)N2. The predicted molar refractivity (Wildman–Crippen MR) is 111 cm³/mol. The summed E-state index contributed by atoms with van der Waals surface area (Å²) in [7, 11) is 0. The fourth-order valence-corrected chi connectivity index (χ4v) is 4.62. The van der Waals surface area contributed by atoms with Gasteiger partial charge in [-0.1, -0.05) is 29.8 Å². The zero-order valence-electron chi connectivity index (χ0n) is 15.6. The fraction of sp³-hybridized carbons (Fsp3) is 0.333. The minimum atomic E-state index is -0.0375. The molecule has 0 amide bonds. The van der Waals surface area contributed by atoms with Gasteiger partial charge >= 0.3 is 5.69 Å². The van der Waals surface area contributed by atoms with Crippen molar-refractivity contribution in [3.63, 3.8) is 0 Å². The van der Waals surface area contributed by atoms with E-state index in [0.717, 1.165) is 61.0 Å². The Kier molecular flexibility index (Phi) is 4.45. The van der Waals surface area contributed by atoms with E-state index in [2.05, 4.69) is 27.3 Å². The number of hydrogen-bond donors (Lipinski definition) is 3. The van der Waals surface area contributed by atoms with Crippen molar-refractivity contribution in [3.8, 4) is 0 Å². The predicted octanol–water partition coefficient (Wildman–Crippen LogP) is 0.668. The minimum absolute atomic E-state index is 0.0375. The Morgan fingerprint density at radius 2 is 1.96 bits per heavy atom. The van der Waals surface area contributed by atoms with E-state index in [1.54, 1.807) is 4.90 Å². The highest BCUT2D eigenvalue weighted by molar-refractivity contribution is 6.30. The number of hydrogen-bond acceptors (Lipinski definition) is 3. The first kappa shape index (κ1) is 17.5. The lowest BCUT2D eigenvalue weighted by Gasteiger charge is -2.34. The highest BCUT2D eigenvalue weighted by atomic mass is 35.5. The summed E-state index contributed by atoms with van der Waals surface area (Å²) in [5.74, 6) is 0.946. The molecule has 0 spiro atoms. The molecule has 2 aromatic carbocycles. The summed E-state index contributed by atoms with van der Waals surface area (Å²) in [5.41, 5.74) is 2.05. The van der Waals surface area contributed by atoms with Gasteiger partial charge in [0.1, 0.15) is 18.6 Å². The van der Waals surface area contributed by atoms with Crippen LogP contribution in [0.2, 0.25) is 5.02 Å². The van der Waals surface area contributed by atoms with Gasteiger partial charge in [0.2, 0.25) is 5.82 Å². The van der Waals surface area contributed by atoms with E-state index in [9.17, 15) is 4.79 Å². The van der Waals surface area contributed by atoms with Crippen molar-refractivity contribution in [2.24, 2.45) is 0 Å². The standard InChI is InChI=1S/C21H22ClN5O/c22-15-4-3-5-17(12-15)26-10-8-25(9-11-26)13-16-14-27-20(23-16)18-6-1-2-7-19(18)24-21(27)28/h1-7,12,16H,8-11,13-14H2,(H,23,24,28)/p+2/t16-/m1/s1. The third-order valence-electron chi connectivity index (χ3n) is 5.86. The molecule has 2 aliphatic rings. The number of rotatable bonds is 3. The highest BCUT2D eigenvalue weighted by Crippen LogP contribution is 2.21. The summed E-state index contributed by atoms with van der Waals surface area (Å²) in [6.45, 7) is 5.94. The average molecular weight is 398 g/mol. The van der Waals surface area contributed by atoms with Crippen LogP contribution in [0.3, 0.4) is 0 Å². The van der Waals surface area contributed by atoms with Crippen molar-refractivity contribution >= 4 is 34.0 Å². The van der Waals surface area contributed by atoms with Gasteiger partial charge in [-0.3, -0.25) is 5.32 Å². The molecule has 144 valence electrons. The van der Waals surface area contributed by atoms with E-state index < -0.39 is 0 Å². The van der Waals surface area contributed by atoms with Crippen LogP contribution in [0.1, 0.15) is 0 Å². The maximum absolute atomic E-state index is 12.4. The van der Waals surface area contributed by atoms with Crippen molar-refractivity contribution in [1.82, 2.24) is 4.98 Å². The molecular weight excluding hydrogens is 374 g/mol. The molecule has 1 atom stereocenters. The number of anilines is 2. The number of piperazine rings is 1. The first-order valence-corrected chi connectivity index (χ1v) is 10.2. The zero-order valence-corrected chi connectivity index (χ0v) is 16.4. The summed E-state index contributed by atoms with van der Waals surface area (Å²) in [4.78, 5) is 19.4. The second-order valence-electron chi connectivity index (χ2n) is 7.70. The number of nitrogens with one attached hydrogen (secondary N) is 3. The molecule has 2 aliphatic heterocycles. The van der Waals surface area contributed by atoms with Gasteiger partial charge in [0.15, 0.2) is 6.04 Å². The molecule has 0 radical (unpaired) electrons. The zero-order chi connectivity index (χ0) is 19.1. The van der Waals surface area contributed by atoms with Crippen molar-refractivity contribution in [2.75, 3.05) is 42.9 Å². The van der Waals surface area contributed by atoms with Crippen LogP contribution in [0.4, 0.5) is 11.5 Å². The van der Waals surface area contributed by atoms with E-state index in [4.69, 9.17) is 11.6 Å². The smallest absolute Gasteiger partial charge is 0.360 e. The lowest BCUT2D eigenvalue weighted by atomic mass is 10.2. The Bertz CT molecular complexity index is 1070. The number of aromatic nitrogens is 2. The highest BCUT2D eigenvalue weighted by Gasteiger charge is 2.34. The van der Waals surface area contributed by atoms with Crippen LogP contribution in [0.5, 0.6) is 0 Å². The van der Waals surface area contributed by atoms with Gasteiger partial charge in [0.05, 0.1) is 31.6 Å². The Balaban J connectivity index is 1.25. The fourth-order valence-electron chi connectivity index (χ4n) is 4.44. The quantitative estimate of drug-likeness (QED) is 0.569. The van der Waals surface area contributed by atoms with E-state index >= 15 is 0 Å². The maximum atomic E-state index is 12.4. The van der Waals surface area contributed by atoms with Gasteiger partial charge in [-0.25, -0.2) is 9.78 Å². The van der Waals surface area contributed by atoms with Gasteiger partial charge in [-0.2, -0.15) is 4.57 Å². The number of aromatic amines is 1. The molecule has 7 heteroatoms. The molecule has 0 saturated carbocycles. The van der Waals surface area contributed by atoms with Crippen LogP contribution in [-0.2, 0) is 6.54 Å². The minimum Gasteiger partial charge on any atom is -0.360 e. The number of nitrogens with zero attached hydrogens (tertiary/aromatic N) is 2. The third-order valence-corrected chi connectivity index (χ3v) is 6.10. The molecule has 0 aliphatic carbocycles. The topological polar surface area (TPSA) is 56.5 Å². The van der Waals surface area contributed by atoms with Crippen LogP contribution >= 0.6 is 11.6 Å². The lowest BCUT2D eigenvalue weighted by molar-refractivity contribution is -0.902. The van der Waals surface area contributed by atoms with E-state index in [1.807, 2.05) is 41.0 Å². The first-order chi connectivity index (χ1) is 13.7. The Hall–Kier alpha value is -2.57.